The van der Waals surface area contributed by atoms with Gasteiger partial charge in [0.15, 0.2) is 10.8 Å². The van der Waals surface area contributed by atoms with E-state index in [2.05, 4.69) is 15.1 Å². The Morgan fingerprint density at radius 1 is 1.55 bits per heavy atom. The Balaban J connectivity index is 2.38. The number of H-pyrrole nitrogens is 1. The largest absolute Gasteiger partial charge is 0.465 e. The lowest BCUT2D eigenvalue weighted by Crippen LogP contribution is -2.30. The van der Waals surface area contributed by atoms with Gasteiger partial charge in [-0.3, -0.25) is 9.59 Å². The van der Waals surface area contributed by atoms with E-state index in [1.54, 1.807) is 20.8 Å². The summed E-state index contributed by atoms with van der Waals surface area (Å²) in [6.45, 7) is 5.55. The van der Waals surface area contributed by atoms with Gasteiger partial charge in [-0.25, -0.2) is 9.67 Å². The second kappa shape index (κ2) is 6.49. The normalized spacial score (nSPS) is 11.8. The van der Waals surface area contributed by atoms with E-state index in [0.717, 1.165) is 11.8 Å². The van der Waals surface area contributed by atoms with Crippen molar-refractivity contribution in [1.82, 2.24) is 19.7 Å². The number of aromatic nitrogens is 4. The molecule has 0 bridgehead atoms. The molecule has 9 heteroatoms. The second-order valence-corrected chi connectivity index (χ2v) is 6.64. The smallest absolute Gasteiger partial charge is 0.322 e. The number of carbonyl (C=O) groups excluding carboxylic acids is 1. The SMILES string of the molecule is CCOC(=O)C(C)(C)Sc1nc2c(cnn2CCO)c(=O)[nH]1. The number of carbonyl (C=O) groups is 1. The number of thioether (sulfide) groups is 1. The quantitative estimate of drug-likeness (QED) is 0.453. The van der Waals surface area contributed by atoms with E-state index in [9.17, 15) is 9.59 Å². The van der Waals surface area contributed by atoms with Gasteiger partial charge in [0.2, 0.25) is 0 Å². The molecular weight excluding hydrogens is 308 g/mol. The van der Waals surface area contributed by atoms with Gasteiger partial charge in [0.1, 0.15) is 10.1 Å². The van der Waals surface area contributed by atoms with E-state index in [4.69, 9.17) is 9.84 Å². The van der Waals surface area contributed by atoms with Crippen molar-refractivity contribution in [2.45, 2.75) is 37.2 Å². The molecule has 0 aliphatic heterocycles. The summed E-state index contributed by atoms with van der Waals surface area (Å²) in [4.78, 5) is 30.9. The van der Waals surface area contributed by atoms with Crippen LogP contribution in [0, 0.1) is 0 Å². The van der Waals surface area contributed by atoms with Crippen LogP contribution in [0.25, 0.3) is 11.0 Å². The fourth-order valence-electron chi connectivity index (χ4n) is 1.84. The van der Waals surface area contributed by atoms with Gasteiger partial charge in [-0.1, -0.05) is 11.8 Å². The Morgan fingerprint density at radius 2 is 2.27 bits per heavy atom. The number of aromatic amines is 1. The van der Waals surface area contributed by atoms with Gasteiger partial charge < -0.3 is 14.8 Å². The minimum atomic E-state index is -0.887. The minimum Gasteiger partial charge on any atom is -0.465 e. The molecule has 0 saturated carbocycles. The van der Waals surface area contributed by atoms with E-state index >= 15 is 0 Å². The van der Waals surface area contributed by atoms with Gasteiger partial charge in [0.05, 0.1) is 26.0 Å². The lowest BCUT2D eigenvalue weighted by Gasteiger charge is -2.20. The molecule has 0 aliphatic carbocycles. The molecule has 0 atom stereocenters. The summed E-state index contributed by atoms with van der Waals surface area (Å²) in [5.74, 6) is -0.383. The van der Waals surface area contributed by atoms with Gasteiger partial charge >= 0.3 is 5.97 Å². The Morgan fingerprint density at radius 3 is 2.91 bits per heavy atom. The van der Waals surface area contributed by atoms with Crippen LogP contribution in [0.15, 0.2) is 16.1 Å². The lowest BCUT2D eigenvalue weighted by molar-refractivity contribution is -0.145. The number of nitrogens with one attached hydrogen (secondary N) is 1. The molecule has 0 amide bonds. The van der Waals surface area contributed by atoms with Crippen molar-refractivity contribution >= 4 is 28.8 Å². The Hall–Kier alpha value is -1.87. The molecule has 0 saturated heterocycles. The topological polar surface area (TPSA) is 110 Å². The summed E-state index contributed by atoms with van der Waals surface area (Å²) in [6, 6.07) is 0. The van der Waals surface area contributed by atoms with Crippen LogP contribution in [0.5, 0.6) is 0 Å². The van der Waals surface area contributed by atoms with Crippen LogP contribution in [0.1, 0.15) is 20.8 Å². The summed E-state index contributed by atoms with van der Waals surface area (Å²) < 4.78 is 5.58. The third-order valence-electron chi connectivity index (χ3n) is 2.91. The fourth-order valence-corrected chi connectivity index (χ4v) is 2.74. The zero-order valence-electron chi connectivity index (χ0n) is 12.6. The van der Waals surface area contributed by atoms with Crippen molar-refractivity contribution in [3.05, 3.63) is 16.6 Å². The molecule has 0 fully saturated rings. The molecule has 2 N–H and O–H groups in total. The first-order valence-corrected chi connectivity index (χ1v) is 7.63. The molecule has 2 aromatic heterocycles. The molecule has 22 heavy (non-hydrogen) atoms. The van der Waals surface area contributed by atoms with Crippen LogP contribution in [0.3, 0.4) is 0 Å². The Bertz CT molecular complexity index is 737. The number of hydrogen-bond donors (Lipinski definition) is 2. The summed E-state index contributed by atoms with van der Waals surface area (Å²) in [5, 5.41) is 13.7. The average molecular weight is 326 g/mol. The Kier molecular flexibility index (Phi) is 4.87. The molecule has 0 unspecified atom stereocenters. The van der Waals surface area contributed by atoms with Gasteiger partial charge in [-0.05, 0) is 20.8 Å². The maximum atomic E-state index is 12.1. The van der Waals surface area contributed by atoms with Crippen LogP contribution >= 0.6 is 11.8 Å². The maximum Gasteiger partial charge on any atom is 0.322 e. The third kappa shape index (κ3) is 3.30. The van der Waals surface area contributed by atoms with Crippen molar-refractivity contribution in [3.8, 4) is 0 Å². The van der Waals surface area contributed by atoms with Crippen molar-refractivity contribution in [3.63, 3.8) is 0 Å². The highest BCUT2D eigenvalue weighted by Gasteiger charge is 2.32. The number of nitrogens with zero attached hydrogens (tertiary/aromatic N) is 3. The molecule has 120 valence electrons. The number of ether oxygens (including phenoxy) is 1. The second-order valence-electron chi connectivity index (χ2n) is 5.03. The van der Waals surface area contributed by atoms with Crippen molar-refractivity contribution < 1.29 is 14.6 Å². The van der Waals surface area contributed by atoms with Crippen LogP contribution in [0.2, 0.25) is 0 Å². The van der Waals surface area contributed by atoms with Crippen molar-refractivity contribution in [1.29, 1.82) is 0 Å². The van der Waals surface area contributed by atoms with Gasteiger partial charge in [0, 0.05) is 0 Å². The monoisotopic (exact) mass is 326 g/mol. The zero-order valence-corrected chi connectivity index (χ0v) is 13.4. The van der Waals surface area contributed by atoms with E-state index in [1.807, 2.05) is 0 Å². The highest BCUT2D eigenvalue weighted by Crippen LogP contribution is 2.31. The predicted molar refractivity (Wildman–Crippen MR) is 81.8 cm³/mol. The fraction of sp³-hybridized carbons (Fsp3) is 0.538. The first kappa shape index (κ1) is 16.5. The highest BCUT2D eigenvalue weighted by atomic mass is 32.2. The molecule has 2 rings (SSSR count). The predicted octanol–water partition coefficient (Wildman–Crippen LogP) is 0.546. The minimum absolute atomic E-state index is 0.109. The van der Waals surface area contributed by atoms with E-state index in [0.29, 0.717) is 16.2 Å². The average Bonchev–Trinajstić information content (AvgIpc) is 2.83. The first-order valence-electron chi connectivity index (χ1n) is 6.82. The maximum absolute atomic E-state index is 12.1. The van der Waals surface area contributed by atoms with E-state index < -0.39 is 4.75 Å². The molecule has 8 nitrogen and oxygen atoms in total. The van der Waals surface area contributed by atoms with E-state index in [-0.39, 0.29) is 31.3 Å². The van der Waals surface area contributed by atoms with Gasteiger partial charge in [0.25, 0.3) is 5.56 Å². The Labute approximate surface area is 130 Å². The molecule has 0 aliphatic rings. The van der Waals surface area contributed by atoms with E-state index in [1.165, 1.54) is 10.9 Å². The molecule has 0 radical (unpaired) electrons. The number of aliphatic hydroxyl groups is 1. The highest BCUT2D eigenvalue weighted by molar-refractivity contribution is 8.01. The van der Waals surface area contributed by atoms with Crippen molar-refractivity contribution in [2.24, 2.45) is 0 Å². The van der Waals surface area contributed by atoms with Crippen LogP contribution < -0.4 is 5.56 Å². The molecule has 0 aromatic carbocycles. The number of rotatable bonds is 6. The number of hydrogen-bond acceptors (Lipinski definition) is 7. The van der Waals surface area contributed by atoms with Crippen LogP contribution in [-0.4, -0.2) is 48.8 Å². The number of fused-ring (bicyclic) bond motifs is 1. The summed E-state index contributed by atoms with van der Waals surface area (Å²) in [5.41, 5.74) is 0.0382. The summed E-state index contributed by atoms with van der Waals surface area (Å²) in [6.07, 6.45) is 1.40. The summed E-state index contributed by atoms with van der Waals surface area (Å²) >= 11 is 1.11. The van der Waals surface area contributed by atoms with Crippen molar-refractivity contribution in [2.75, 3.05) is 13.2 Å². The van der Waals surface area contributed by atoms with Gasteiger partial charge in [-0.2, -0.15) is 5.10 Å². The number of esters is 1. The van der Waals surface area contributed by atoms with Crippen LogP contribution in [-0.2, 0) is 16.1 Å². The first-order chi connectivity index (χ1) is 10.4. The molecule has 0 spiro atoms. The third-order valence-corrected chi connectivity index (χ3v) is 3.98. The zero-order chi connectivity index (χ0) is 16.3. The molecular formula is C13H18N4O4S. The molecule has 2 aromatic rings. The summed E-state index contributed by atoms with van der Waals surface area (Å²) in [7, 11) is 0. The number of aliphatic hydroxyl groups excluding tert-OH is 1. The van der Waals surface area contributed by atoms with Crippen LogP contribution in [0.4, 0.5) is 0 Å². The molecule has 2 heterocycles. The van der Waals surface area contributed by atoms with Gasteiger partial charge in [-0.15, -0.1) is 0 Å². The standard InChI is InChI=1S/C13H18N4O4S/c1-4-21-11(20)13(2,3)22-12-15-9-8(10(19)16-12)7-14-17(9)5-6-18/h7,18H,4-6H2,1-3H3,(H,15,16,19). The lowest BCUT2D eigenvalue weighted by atomic mass is 10.2.